The zero-order valence-electron chi connectivity index (χ0n) is 6.82. The summed E-state index contributed by atoms with van der Waals surface area (Å²) in [4.78, 5) is 25.6. The Balaban J connectivity index is 3.61. The second-order valence-electron chi connectivity index (χ2n) is 1.91. The van der Waals surface area contributed by atoms with Gasteiger partial charge in [0.2, 0.25) is 0 Å². The molecule has 13 heavy (non-hydrogen) atoms. The van der Waals surface area contributed by atoms with Gasteiger partial charge < -0.3 is 5.73 Å². The largest absolute Gasteiger partial charge is 0.328 e. The molecule has 0 heterocycles. The number of nitrogens with two attached hydrogens (primary N) is 1. The van der Waals surface area contributed by atoms with E-state index in [9.17, 15) is 9.59 Å². The van der Waals surface area contributed by atoms with E-state index in [0.29, 0.717) is 0 Å². The molecule has 0 aliphatic rings. The molecule has 0 aromatic carbocycles. The van der Waals surface area contributed by atoms with E-state index in [1.165, 1.54) is 5.48 Å². The lowest BCUT2D eigenvalue weighted by Crippen LogP contribution is -2.25. The van der Waals surface area contributed by atoms with Gasteiger partial charge in [0.15, 0.2) is 0 Å². The molecule has 0 aliphatic carbocycles. The summed E-state index contributed by atoms with van der Waals surface area (Å²) in [6, 6.07) is 0. The number of amides is 2. The van der Waals surface area contributed by atoms with Gasteiger partial charge in [-0.1, -0.05) is 0 Å². The Morgan fingerprint density at radius 2 is 2.00 bits per heavy atom. The van der Waals surface area contributed by atoms with Crippen LogP contribution in [0, 0.1) is 0 Å². The Kier molecular flexibility index (Phi) is 6.42. The molecule has 0 atom stereocenters. The molecule has 0 saturated carbocycles. The summed E-state index contributed by atoms with van der Waals surface area (Å²) in [6.45, 7) is 0.465. The molecule has 0 rings (SSSR count). The monoisotopic (exact) mass is 189 g/mol. The third kappa shape index (κ3) is 6.94. The van der Waals surface area contributed by atoms with Crippen LogP contribution in [0.3, 0.4) is 0 Å². The molecule has 0 unspecified atom stereocenters. The fourth-order valence-electron chi connectivity index (χ4n) is 0.404. The molecule has 0 aromatic rings. The van der Waals surface area contributed by atoms with Crippen LogP contribution in [-0.2, 0) is 14.4 Å². The van der Waals surface area contributed by atoms with Crippen molar-refractivity contribution in [1.29, 1.82) is 0 Å². The summed E-state index contributed by atoms with van der Waals surface area (Å²) in [6.07, 6.45) is 1.75. The average molecular weight is 189 g/mol. The maximum Gasteiger partial charge on any atom is 0.267 e. The van der Waals surface area contributed by atoms with Crippen molar-refractivity contribution in [3.63, 3.8) is 0 Å². The van der Waals surface area contributed by atoms with Gasteiger partial charge in [-0.3, -0.25) is 19.6 Å². The van der Waals surface area contributed by atoms with Gasteiger partial charge in [0.05, 0.1) is 6.61 Å². The van der Waals surface area contributed by atoms with Crippen LogP contribution in [0.15, 0.2) is 12.2 Å². The lowest BCUT2D eigenvalue weighted by Gasteiger charge is -1.99. The van der Waals surface area contributed by atoms with Crippen LogP contribution in [0.5, 0.6) is 0 Å². The number of hydrogen-bond acceptors (Lipinski definition) is 5. The summed E-state index contributed by atoms with van der Waals surface area (Å²) in [5.74, 6) is -1.41. The maximum absolute atomic E-state index is 10.7. The Morgan fingerprint density at radius 3 is 2.54 bits per heavy atom. The standard InChI is InChI=1S/C6H11N3O4/c7-3-4-13-9-6(11)2-1-5(10)8-12/h1-2,12H,3-4,7H2,(H,8,10)(H,9,11)/b2-1+. The highest BCUT2D eigenvalue weighted by Crippen LogP contribution is 1.74. The first kappa shape index (κ1) is 11.6. The number of hydrogen-bond donors (Lipinski definition) is 4. The zero-order valence-corrected chi connectivity index (χ0v) is 6.82. The van der Waals surface area contributed by atoms with Gasteiger partial charge in [-0.15, -0.1) is 0 Å². The highest BCUT2D eigenvalue weighted by atomic mass is 16.6. The van der Waals surface area contributed by atoms with E-state index in [0.717, 1.165) is 12.2 Å². The maximum atomic E-state index is 10.7. The molecule has 5 N–H and O–H groups in total. The molecular formula is C6H11N3O4. The second kappa shape index (κ2) is 7.22. The fraction of sp³-hybridized carbons (Fsp3) is 0.333. The van der Waals surface area contributed by atoms with Crippen LogP contribution in [0.2, 0.25) is 0 Å². The summed E-state index contributed by atoms with van der Waals surface area (Å²) >= 11 is 0. The third-order valence-electron chi connectivity index (χ3n) is 0.889. The molecule has 0 bridgehead atoms. The molecule has 0 aliphatic heterocycles. The minimum atomic E-state index is -0.797. The van der Waals surface area contributed by atoms with Crippen LogP contribution < -0.4 is 16.7 Å². The first-order valence-corrected chi connectivity index (χ1v) is 3.44. The zero-order chi connectivity index (χ0) is 10.1. The fourth-order valence-corrected chi connectivity index (χ4v) is 0.404. The number of rotatable bonds is 5. The lowest BCUT2D eigenvalue weighted by molar-refractivity contribution is -0.129. The van der Waals surface area contributed by atoms with E-state index in [4.69, 9.17) is 10.9 Å². The molecule has 0 fully saturated rings. The van der Waals surface area contributed by atoms with Crippen molar-refractivity contribution in [2.45, 2.75) is 0 Å². The Bertz CT molecular complexity index is 204. The second-order valence-corrected chi connectivity index (χ2v) is 1.91. The van der Waals surface area contributed by atoms with E-state index in [1.54, 1.807) is 0 Å². The van der Waals surface area contributed by atoms with Gasteiger partial charge >= 0.3 is 0 Å². The van der Waals surface area contributed by atoms with Crippen LogP contribution in [0.25, 0.3) is 0 Å². The first-order chi connectivity index (χ1) is 6.20. The van der Waals surface area contributed by atoms with Crippen LogP contribution >= 0.6 is 0 Å². The molecule has 2 amide bonds. The van der Waals surface area contributed by atoms with Gasteiger partial charge in [0.1, 0.15) is 0 Å². The third-order valence-corrected chi connectivity index (χ3v) is 0.889. The average Bonchev–Trinajstić information content (AvgIpc) is 2.14. The summed E-state index contributed by atoms with van der Waals surface area (Å²) in [5, 5.41) is 8.03. The SMILES string of the molecule is NCCONC(=O)/C=C/C(=O)NO. The van der Waals surface area contributed by atoms with E-state index >= 15 is 0 Å². The molecular weight excluding hydrogens is 178 g/mol. The van der Waals surface area contributed by atoms with Gasteiger partial charge in [-0.25, -0.2) is 11.0 Å². The van der Waals surface area contributed by atoms with Crippen molar-refractivity contribution in [3.8, 4) is 0 Å². The minimum absolute atomic E-state index is 0.186. The number of nitrogens with one attached hydrogen (secondary N) is 2. The minimum Gasteiger partial charge on any atom is -0.328 e. The summed E-state index contributed by atoms with van der Waals surface area (Å²) in [7, 11) is 0. The summed E-state index contributed by atoms with van der Waals surface area (Å²) < 4.78 is 0. The number of carbonyl (C=O) groups excluding carboxylic acids is 2. The molecule has 0 aromatic heterocycles. The Labute approximate surface area is 74.5 Å². The highest BCUT2D eigenvalue weighted by Gasteiger charge is 1.95. The summed E-state index contributed by atoms with van der Waals surface area (Å²) in [5.41, 5.74) is 8.38. The Morgan fingerprint density at radius 1 is 1.38 bits per heavy atom. The van der Waals surface area contributed by atoms with Gasteiger partial charge in [-0.2, -0.15) is 0 Å². The predicted molar refractivity (Wildman–Crippen MR) is 42.2 cm³/mol. The lowest BCUT2D eigenvalue weighted by atomic mass is 10.5. The van der Waals surface area contributed by atoms with Crippen molar-refractivity contribution in [1.82, 2.24) is 11.0 Å². The highest BCUT2D eigenvalue weighted by molar-refractivity contribution is 5.95. The topological polar surface area (TPSA) is 114 Å². The van der Waals surface area contributed by atoms with Crippen molar-refractivity contribution in [2.24, 2.45) is 5.73 Å². The van der Waals surface area contributed by atoms with Gasteiger partial charge in [-0.05, 0) is 0 Å². The molecule has 0 spiro atoms. The predicted octanol–water partition coefficient (Wildman–Crippen LogP) is -1.95. The van der Waals surface area contributed by atoms with E-state index in [-0.39, 0.29) is 13.2 Å². The Hall–Kier alpha value is -1.44. The van der Waals surface area contributed by atoms with Gasteiger partial charge in [0, 0.05) is 18.7 Å². The van der Waals surface area contributed by atoms with Crippen molar-refractivity contribution in [3.05, 3.63) is 12.2 Å². The van der Waals surface area contributed by atoms with Crippen molar-refractivity contribution < 1.29 is 19.6 Å². The number of hydroxylamine groups is 2. The van der Waals surface area contributed by atoms with Crippen LogP contribution in [0.4, 0.5) is 0 Å². The first-order valence-electron chi connectivity index (χ1n) is 3.44. The normalized spacial score (nSPS) is 10.0. The smallest absolute Gasteiger partial charge is 0.267 e. The molecule has 0 saturated heterocycles. The van der Waals surface area contributed by atoms with Gasteiger partial charge in [0.25, 0.3) is 11.8 Å². The molecule has 7 nitrogen and oxygen atoms in total. The van der Waals surface area contributed by atoms with E-state index in [1.807, 2.05) is 5.48 Å². The van der Waals surface area contributed by atoms with Crippen LogP contribution in [-0.4, -0.2) is 30.2 Å². The van der Waals surface area contributed by atoms with Crippen LogP contribution in [0.1, 0.15) is 0 Å². The van der Waals surface area contributed by atoms with Crippen molar-refractivity contribution >= 4 is 11.8 Å². The van der Waals surface area contributed by atoms with E-state index in [2.05, 4.69) is 4.84 Å². The van der Waals surface area contributed by atoms with Crippen molar-refractivity contribution in [2.75, 3.05) is 13.2 Å². The number of carbonyl (C=O) groups is 2. The molecule has 74 valence electrons. The van der Waals surface area contributed by atoms with E-state index < -0.39 is 11.8 Å². The quantitative estimate of drug-likeness (QED) is 0.174. The molecule has 0 radical (unpaired) electrons. The molecule has 7 heteroatoms.